The Bertz CT molecular complexity index is 1740. The third kappa shape index (κ3) is 6.42. The van der Waals surface area contributed by atoms with E-state index >= 15 is 0 Å². The van der Waals surface area contributed by atoms with E-state index in [1.165, 1.54) is 11.1 Å². The molecule has 0 spiro atoms. The van der Waals surface area contributed by atoms with Crippen LogP contribution >= 0.6 is 0 Å². The number of fused-ring (bicyclic) bond motifs is 2. The zero-order chi connectivity index (χ0) is 33.4. The monoisotopic (exact) mass is 650 g/mol. The Morgan fingerprint density at radius 2 is 2.04 bits per heavy atom. The Labute approximate surface area is 282 Å². The predicted molar refractivity (Wildman–Crippen MR) is 184 cm³/mol. The zero-order valence-corrected chi connectivity index (χ0v) is 27.6. The molecule has 48 heavy (non-hydrogen) atoms. The Morgan fingerprint density at radius 1 is 1.19 bits per heavy atom. The summed E-state index contributed by atoms with van der Waals surface area (Å²) < 4.78 is 6.47. The highest BCUT2D eigenvalue weighted by molar-refractivity contribution is 5.89. The van der Waals surface area contributed by atoms with Crippen LogP contribution in [-0.2, 0) is 11.2 Å². The summed E-state index contributed by atoms with van der Waals surface area (Å²) in [4.78, 5) is 19.5. The van der Waals surface area contributed by atoms with Crippen LogP contribution in [0.2, 0.25) is 0 Å². The van der Waals surface area contributed by atoms with Crippen LogP contribution in [0.5, 0.6) is 11.5 Å². The molecule has 9 heteroatoms. The van der Waals surface area contributed by atoms with E-state index in [2.05, 4.69) is 29.0 Å². The third-order valence-electron chi connectivity index (χ3n) is 10.6. The molecule has 0 aromatic heterocycles. The Balaban J connectivity index is 1.13. The minimum absolute atomic E-state index is 0.00339. The smallest absolute Gasteiger partial charge is 0.183 e. The van der Waals surface area contributed by atoms with E-state index in [1.807, 2.05) is 24.5 Å². The van der Waals surface area contributed by atoms with Gasteiger partial charge in [0.15, 0.2) is 17.7 Å². The number of Topliss-reactive ketones (excluding diaryl/α,β-unsaturated/α-hetero) is 1. The highest BCUT2D eigenvalue weighted by Gasteiger charge is 2.40. The number of unbranched alkanes of at least 4 members (excludes halogenated alkanes) is 2. The van der Waals surface area contributed by atoms with Crippen LogP contribution in [0.15, 0.2) is 58.4 Å². The van der Waals surface area contributed by atoms with Crippen molar-refractivity contribution in [2.24, 2.45) is 10.7 Å². The average Bonchev–Trinajstić information content (AvgIpc) is 3.67. The third-order valence-corrected chi connectivity index (χ3v) is 10.6. The van der Waals surface area contributed by atoms with Crippen molar-refractivity contribution in [1.29, 1.82) is 0 Å². The van der Waals surface area contributed by atoms with Crippen molar-refractivity contribution in [3.05, 3.63) is 81.2 Å². The number of nitrogens with one attached hydrogen (secondary N) is 1. The number of hydrogen-bond acceptors (Lipinski definition) is 9. The van der Waals surface area contributed by atoms with Gasteiger partial charge in [-0.1, -0.05) is 56.2 Å². The van der Waals surface area contributed by atoms with E-state index in [9.17, 15) is 20.1 Å². The number of carbonyl (C=O) groups excluding carboxylic acids is 1. The second-order valence-corrected chi connectivity index (χ2v) is 13.9. The first-order valence-corrected chi connectivity index (χ1v) is 17.6. The molecule has 0 amide bonds. The molecule has 4 heterocycles. The van der Waals surface area contributed by atoms with Gasteiger partial charge in [-0.3, -0.25) is 15.1 Å². The van der Waals surface area contributed by atoms with E-state index in [0.29, 0.717) is 37.5 Å². The lowest BCUT2D eigenvalue weighted by molar-refractivity contribution is -0.121. The first-order valence-electron chi connectivity index (χ1n) is 17.6. The van der Waals surface area contributed by atoms with E-state index < -0.39 is 18.4 Å². The molecule has 9 nitrogen and oxygen atoms in total. The number of ether oxygens (including phenoxy) is 1. The lowest BCUT2D eigenvalue weighted by atomic mass is 9.68. The van der Waals surface area contributed by atoms with Gasteiger partial charge in [0.1, 0.15) is 11.9 Å². The number of aromatic hydroxyl groups is 1. The number of hydrogen-bond donors (Lipinski definition) is 5. The van der Waals surface area contributed by atoms with Crippen LogP contribution in [0.1, 0.15) is 117 Å². The number of nitrogens with two attached hydrogens (primary N) is 1. The molecule has 5 aliphatic rings. The summed E-state index contributed by atoms with van der Waals surface area (Å²) in [6.45, 7) is 3.54. The Kier molecular flexibility index (Phi) is 9.43. The van der Waals surface area contributed by atoms with Gasteiger partial charge >= 0.3 is 0 Å². The van der Waals surface area contributed by atoms with Gasteiger partial charge in [0.25, 0.3) is 0 Å². The number of benzene rings is 2. The second kappa shape index (κ2) is 13.9. The molecule has 2 aromatic rings. The molecule has 252 valence electrons. The molecule has 2 bridgehead atoms. The lowest BCUT2D eigenvalue weighted by Gasteiger charge is -2.40. The predicted octanol–water partition coefficient (Wildman–Crippen LogP) is 5.13. The fourth-order valence-corrected chi connectivity index (χ4v) is 8.05. The zero-order valence-electron chi connectivity index (χ0n) is 27.6. The Hall–Kier alpha value is -3.94. The second-order valence-electron chi connectivity index (χ2n) is 13.9. The van der Waals surface area contributed by atoms with E-state index in [1.54, 1.807) is 18.2 Å². The standard InChI is InChI=1S/C39H46N4O5/c1-2-3-4-6-25(44)18-26(45)12-9-23-10-16-34(47)35(17-23)48-36-8-5-7-33(46)28-14-15-29-37-24(19-42-39(29)40)11-13-27(38(28)37)30-20-41-32-22-43(36)21-31(30)32/h10,14-17,20,22,24-25,27,33,36,39,42,44,46-47H,2-4,6,8-9,11-13,18-19,21,40H2,1H3. The molecule has 4 aliphatic heterocycles. The topological polar surface area (TPSA) is 141 Å². The fourth-order valence-electron chi connectivity index (χ4n) is 8.05. The molecule has 6 atom stereocenters. The minimum atomic E-state index is -0.971. The largest absolute Gasteiger partial charge is 0.504 e. The van der Waals surface area contributed by atoms with E-state index in [4.69, 9.17) is 15.5 Å². The minimum Gasteiger partial charge on any atom is -0.504 e. The van der Waals surface area contributed by atoms with Gasteiger partial charge < -0.3 is 30.7 Å². The fraction of sp³-hybridized carbons (Fsp3) is 0.487. The van der Waals surface area contributed by atoms with Crippen molar-refractivity contribution in [2.75, 3.05) is 13.1 Å². The van der Waals surface area contributed by atoms with E-state index in [0.717, 1.165) is 72.2 Å². The number of aliphatic hydroxyl groups excluding tert-OH is 2. The first-order chi connectivity index (χ1) is 23.3. The van der Waals surface area contributed by atoms with Gasteiger partial charge in [-0.25, -0.2) is 0 Å². The van der Waals surface area contributed by atoms with Crippen molar-refractivity contribution in [3.8, 4) is 23.3 Å². The summed E-state index contributed by atoms with van der Waals surface area (Å²) in [5.74, 6) is 7.07. The number of carbonyl (C=O) groups is 1. The number of rotatable bonds is 11. The van der Waals surface area contributed by atoms with E-state index in [-0.39, 0.29) is 36.5 Å². The van der Waals surface area contributed by atoms with Crippen LogP contribution in [-0.4, -0.2) is 57.6 Å². The Morgan fingerprint density at radius 3 is 2.90 bits per heavy atom. The molecule has 0 saturated carbocycles. The molecule has 6 unspecified atom stereocenters. The normalized spacial score (nSPS) is 25.8. The van der Waals surface area contributed by atoms with Crippen molar-refractivity contribution < 1.29 is 24.9 Å². The van der Waals surface area contributed by atoms with Crippen molar-refractivity contribution in [2.45, 2.75) is 108 Å². The molecule has 7 rings (SSSR count). The summed E-state index contributed by atoms with van der Waals surface area (Å²) in [5.41, 5.74) is 15.0. The molecular weight excluding hydrogens is 604 g/mol. The van der Waals surface area contributed by atoms with Gasteiger partial charge in [0, 0.05) is 49.8 Å². The summed E-state index contributed by atoms with van der Waals surface area (Å²) in [6, 6.07) is 9.21. The van der Waals surface area contributed by atoms with Gasteiger partial charge in [-0.2, -0.15) is 0 Å². The van der Waals surface area contributed by atoms with Gasteiger partial charge in [0.05, 0.1) is 24.4 Å². The first kappa shape index (κ1) is 32.6. The van der Waals surface area contributed by atoms with Crippen LogP contribution in [0.25, 0.3) is 0 Å². The van der Waals surface area contributed by atoms with Gasteiger partial charge in [-0.05, 0) is 77.1 Å². The number of aryl methyl sites for hydroxylation is 1. The van der Waals surface area contributed by atoms with Crippen molar-refractivity contribution in [1.82, 2.24) is 10.2 Å². The maximum Gasteiger partial charge on any atom is 0.183 e. The number of ketones is 1. The number of aliphatic imine (C=N–C) groups is 1. The molecule has 0 radical (unpaired) electrons. The highest BCUT2D eigenvalue weighted by Crippen LogP contribution is 2.51. The number of phenols is 1. The van der Waals surface area contributed by atoms with Crippen LogP contribution in [0.4, 0.5) is 0 Å². The lowest BCUT2D eigenvalue weighted by Crippen LogP contribution is -2.40. The summed E-state index contributed by atoms with van der Waals surface area (Å²) >= 11 is 0. The van der Waals surface area contributed by atoms with Crippen molar-refractivity contribution in [3.63, 3.8) is 0 Å². The molecular formula is C39H46N4O5. The maximum atomic E-state index is 12.6. The van der Waals surface area contributed by atoms with Crippen LogP contribution in [0.3, 0.4) is 0 Å². The molecule has 0 fully saturated rings. The molecule has 6 N–H and O–H groups in total. The number of aliphatic hydroxyl groups is 2. The maximum absolute atomic E-state index is 12.6. The molecule has 2 aromatic carbocycles. The number of phenolic OH excluding ortho intramolecular Hbond substituents is 1. The van der Waals surface area contributed by atoms with Crippen molar-refractivity contribution >= 4 is 12.0 Å². The van der Waals surface area contributed by atoms with Gasteiger partial charge in [-0.15, -0.1) is 0 Å². The summed E-state index contributed by atoms with van der Waals surface area (Å²) in [5, 5.41) is 36.0. The average molecular weight is 651 g/mol. The van der Waals surface area contributed by atoms with Gasteiger partial charge in [0.2, 0.25) is 0 Å². The summed E-state index contributed by atoms with van der Waals surface area (Å²) in [7, 11) is 0. The SMILES string of the molecule is CCCCCC(O)CC(=O)CCc1ccc(O)c(OC2CC#CC(O)c3ccc4c5c3C(CCC5CNC4N)C3=C4CN2C=C4N=C3)c1. The molecule has 1 aliphatic carbocycles. The highest BCUT2D eigenvalue weighted by atomic mass is 16.5. The molecule has 0 saturated heterocycles. The number of allylic oxidation sites excluding steroid dienone is 1. The summed E-state index contributed by atoms with van der Waals surface area (Å²) in [6.07, 6.45) is 8.58. The quantitative estimate of drug-likeness (QED) is 0.167. The van der Waals surface area contributed by atoms with Crippen LogP contribution in [0, 0.1) is 11.8 Å². The number of nitrogens with zero attached hydrogens (tertiary/aromatic N) is 2. The van der Waals surface area contributed by atoms with Crippen LogP contribution < -0.4 is 15.8 Å².